The molecule has 2 nitrogen and oxygen atoms in total. The van der Waals surface area contributed by atoms with Crippen molar-refractivity contribution < 1.29 is 0 Å². The number of fused-ring (bicyclic) bond motifs is 3. The minimum Gasteiger partial charge on any atom is -0.351 e. The fourth-order valence-electron chi connectivity index (χ4n) is 3.84. The van der Waals surface area contributed by atoms with Crippen molar-refractivity contribution in [2.75, 3.05) is 16.3 Å². The first-order chi connectivity index (χ1) is 10.3. The third-order valence-corrected chi connectivity index (χ3v) is 5.50. The van der Waals surface area contributed by atoms with Crippen LogP contribution in [0.2, 0.25) is 0 Å². The van der Waals surface area contributed by atoms with Crippen molar-refractivity contribution in [3.63, 3.8) is 0 Å². The number of halogens is 1. The molecule has 0 aromatic heterocycles. The van der Waals surface area contributed by atoms with Gasteiger partial charge in [0.1, 0.15) is 6.17 Å². The highest BCUT2D eigenvalue weighted by atomic mass is 127. The summed E-state index contributed by atoms with van der Waals surface area (Å²) in [5.74, 6) is 0. The lowest BCUT2D eigenvalue weighted by Gasteiger charge is -2.47. The second-order valence-electron chi connectivity index (χ2n) is 5.93. The van der Waals surface area contributed by atoms with Crippen LogP contribution in [0.4, 0.5) is 11.4 Å². The molecule has 0 bridgehead atoms. The molecule has 1 fully saturated rings. The molecule has 2 aliphatic heterocycles. The zero-order valence-electron chi connectivity index (χ0n) is 12.2. The molecule has 0 spiro atoms. The third-order valence-electron chi connectivity index (χ3n) is 4.78. The number of hydrogen-bond donors (Lipinski definition) is 0. The fraction of sp³-hybridized carbons (Fsp3) is 0.333. The number of anilines is 2. The average Bonchev–Trinajstić information content (AvgIpc) is 2.99. The molecular weight excluding hydrogens is 371 g/mol. The van der Waals surface area contributed by atoms with Gasteiger partial charge >= 0.3 is 0 Å². The van der Waals surface area contributed by atoms with E-state index in [0.29, 0.717) is 12.2 Å². The summed E-state index contributed by atoms with van der Waals surface area (Å²) in [5.41, 5.74) is 4.23. The van der Waals surface area contributed by atoms with E-state index < -0.39 is 0 Å². The van der Waals surface area contributed by atoms with Gasteiger partial charge in [0.25, 0.3) is 0 Å². The minimum absolute atomic E-state index is 0.431. The van der Waals surface area contributed by atoms with Crippen LogP contribution in [-0.4, -0.2) is 12.7 Å². The Morgan fingerprint density at radius 3 is 2.62 bits per heavy atom. The molecule has 0 aliphatic carbocycles. The molecule has 2 heterocycles. The molecule has 2 unspecified atom stereocenters. The number of benzene rings is 2. The standard InChI is InChI=1S/C18H19IN2/c1-13-16-5-2-3-6-17(16)20-12-4-7-18(20)21(13)15-10-8-14(19)9-11-15/h2-3,5-6,8-11,13,18H,4,7,12H2,1H3. The van der Waals surface area contributed by atoms with E-state index in [4.69, 9.17) is 0 Å². The Hall–Kier alpha value is -1.23. The molecule has 1 saturated heterocycles. The van der Waals surface area contributed by atoms with Gasteiger partial charge in [0.05, 0.1) is 6.04 Å². The van der Waals surface area contributed by atoms with Gasteiger partial charge in [-0.1, -0.05) is 18.2 Å². The summed E-state index contributed by atoms with van der Waals surface area (Å²) in [6.45, 7) is 3.52. The zero-order valence-corrected chi connectivity index (χ0v) is 14.3. The van der Waals surface area contributed by atoms with Crippen LogP contribution >= 0.6 is 22.6 Å². The fourth-order valence-corrected chi connectivity index (χ4v) is 4.20. The summed E-state index contributed by atoms with van der Waals surface area (Å²) in [7, 11) is 0. The predicted molar refractivity (Wildman–Crippen MR) is 96.9 cm³/mol. The monoisotopic (exact) mass is 390 g/mol. The summed E-state index contributed by atoms with van der Waals surface area (Å²) in [4.78, 5) is 5.19. The topological polar surface area (TPSA) is 6.48 Å². The van der Waals surface area contributed by atoms with Gasteiger partial charge < -0.3 is 9.80 Å². The lowest BCUT2D eigenvalue weighted by Crippen LogP contribution is -2.50. The van der Waals surface area contributed by atoms with Gasteiger partial charge in [-0.25, -0.2) is 0 Å². The van der Waals surface area contributed by atoms with Crippen molar-refractivity contribution in [3.8, 4) is 0 Å². The Kier molecular flexibility index (Phi) is 3.32. The van der Waals surface area contributed by atoms with Crippen LogP contribution in [0, 0.1) is 3.57 Å². The van der Waals surface area contributed by atoms with E-state index in [9.17, 15) is 0 Å². The molecular formula is C18H19IN2. The molecule has 2 aliphatic rings. The Morgan fingerprint density at radius 1 is 1.05 bits per heavy atom. The minimum atomic E-state index is 0.431. The highest BCUT2D eigenvalue weighted by molar-refractivity contribution is 14.1. The Bertz CT molecular complexity index is 653. The molecule has 4 rings (SSSR count). The summed E-state index contributed by atoms with van der Waals surface area (Å²) in [6, 6.07) is 18.3. The van der Waals surface area contributed by atoms with Crippen LogP contribution in [0.15, 0.2) is 48.5 Å². The maximum atomic E-state index is 2.60. The number of para-hydroxylation sites is 1. The van der Waals surface area contributed by atoms with E-state index >= 15 is 0 Å². The largest absolute Gasteiger partial charge is 0.351 e. The Morgan fingerprint density at radius 2 is 1.81 bits per heavy atom. The molecule has 2 aromatic carbocycles. The van der Waals surface area contributed by atoms with E-state index in [0.717, 1.165) is 0 Å². The summed E-state index contributed by atoms with van der Waals surface area (Å²) in [6.07, 6.45) is 3.05. The van der Waals surface area contributed by atoms with Gasteiger partial charge in [-0.05, 0) is 78.3 Å². The van der Waals surface area contributed by atoms with Gasteiger partial charge in [0.15, 0.2) is 0 Å². The number of hydrogen-bond acceptors (Lipinski definition) is 2. The van der Waals surface area contributed by atoms with Gasteiger partial charge in [0.2, 0.25) is 0 Å². The quantitative estimate of drug-likeness (QED) is 0.646. The molecule has 21 heavy (non-hydrogen) atoms. The number of rotatable bonds is 1. The van der Waals surface area contributed by atoms with Crippen molar-refractivity contribution in [2.45, 2.75) is 32.0 Å². The molecule has 0 saturated carbocycles. The van der Waals surface area contributed by atoms with Gasteiger partial charge in [-0.3, -0.25) is 0 Å². The van der Waals surface area contributed by atoms with Crippen molar-refractivity contribution >= 4 is 34.0 Å². The second-order valence-corrected chi connectivity index (χ2v) is 7.18. The highest BCUT2D eigenvalue weighted by Gasteiger charge is 2.39. The Balaban J connectivity index is 1.82. The van der Waals surface area contributed by atoms with Crippen LogP contribution in [-0.2, 0) is 0 Å². The lowest BCUT2D eigenvalue weighted by atomic mass is 9.98. The third kappa shape index (κ3) is 2.13. The second kappa shape index (κ2) is 5.20. The van der Waals surface area contributed by atoms with Crippen LogP contribution in [0.1, 0.15) is 31.4 Å². The smallest absolute Gasteiger partial charge is 0.102 e. The first-order valence-electron chi connectivity index (χ1n) is 7.65. The normalized spacial score (nSPS) is 23.9. The first kappa shape index (κ1) is 13.4. The maximum Gasteiger partial charge on any atom is 0.102 e. The van der Waals surface area contributed by atoms with Gasteiger partial charge in [-0.2, -0.15) is 0 Å². The van der Waals surface area contributed by atoms with Gasteiger partial charge in [-0.15, -0.1) is 0 Å². The average molecular weight is 390 g/mol. The van der Waals surface area contributed by atoms with E-state index in [1.165, 1.54) is 39.9 Å². The van der Waals surface area contributed by atoms with Crippen LogP contribution < -0.4 is 9.80 Å². The summed E-state index contributed by atoms with van der Waals surface area (Å²) in [5, 5.41) is 0. The van der Waals surface area contributed by atoms with Crippen LogP contribution in [0.25, 0.3) is 0 Å². The molecule has 2 aromatic rings. The molecule has 0 radical (unpaired) electrons. The van der Waals surface area contributed by atoms with Crippen LogP contribution in [0.3, 0.4) is 0 Å². The SMILES string of the molecule is CC1c2ccccc2N2CCCC2N1c1ccc(I)cc1. The van der Waals surface area contributed by atoms with E-state index in [-0.39, 0.29) is 0 Å². The summed E-state index contributed by atoms with van der Waals surface area (Å²) >= 11 is 2.37. The Labute approximate surface area is 139 Å². The van der Waals surface area contributed by atoms with Crippen molar-refractivity contribution in [1.29, 1.82) is 0 Å². The molecule has 0 amide bonds. The maximum absolute atomic E-state index is 2.60. The molecule has 0 N–H and O–H groups in total. The van der Waals surface area contributed by atoms with Crippen molar-refractivity contribution in [1.82, 2.24) is 0 Å². The van der Waals surface area contributed by atoms with E-state index in [2.05, 4.69) is 87.8 Å². The lowest BCUT2D eigenvalue weighted by molar-refractivity contribution is 0.520. The van der Waals surface area contributed by atoms with E-state index in [1.807, 2.05) is 0 Å². The summed E-state index contributed by atoms with van der Waals surface area (Å²) < 4.78 is 1.30. The first-order valence-corrected chi connectivity index (χ1v) is 8.73. The highest BCUT2D eigenvalue weighted by Crippen LogP contribution is 2.44. The van der Waals surface area contributed by atoms with Gasteiger partial charge in [0, 0.05) is 21.5 Å². The molecule has 2 atom stereocenters. The van der Waals surface area contributed by atoms with Crippen molar-refractivity contribution in [3.05, 3.63) is 57.7 Å². The van der Waals surface area contributed by atoms with Crippen molar-refractivity contribution in [2.24, 2.45) is 0 Å². The molecule has 108 valence electrons. The molecule has 3 heteroatoms. The predicted octanol–water partition coefficient (Wildman–Crippen LogP) is 4.80. The van der Waals surface area contributed by atoms with E-state index in [1.54, 1.807) is 0 Å². The zero-order chi connectivity index (χ0) is 14.4. The van der Waals surface area contributed by atoms with Crippen LogP contribution in [0.5, 0.6) is 0 Å². The number of nitrogens with zero attached hydrogens (tertiary/aromatic N) is 2.